The van der Waals surface area contributed by atoms with Crippen LogP contribution in [0.15, 0.2) is 65.0 Å². The Morgan fingerprint density at radius 1 is 1.16 bits per heavy atom. The highest BCUT2D eigenvalue weighted by Crippen LogP contribution is 2.22. The van der Waals surface area contributed by atoms with E-state index >= 15 is 0 Å². The number of thiazole rings is 1. The molecule has 6 nitrogen and oxygen atoms in total. The lowest BCUT2D eigenvalue weighted by molar-refractivity contribution is 0.100. The summed E-state index contributed by atoms with van der Waals surface area (Å²) in [5.74, 6) is -0.414. The van der Waals surface area contributed by atoms with Gasteiger partial charge in [0.05, 0.1) is 4.90 Å². The fourth-order valence-electron chi connectivity index (χ4n) is 1.88. The van der Waals surface area contributed by atoms with E-state index in [0.29, 0.717) is 5.56 Å². The summed E-state index contributed by atoms with van der Waals surface area (Å²) in [6.07, 6.45) is 1.73. The predicted octanol–water partition coefficient (Wildman–Crippen LogP) is 3.15. The molecule has 0 spiro atoms. The van der Waals surface area contributed by atoms with Gasteiger partial charge in [-0.15, -0.1) is 11.3 Å². The number of hydrogen-bond donors (Lipinski definition) is 2. The summed E-state index contributed by atoms with van der Waals surface area (Å²) in [6, 6.07) is 13.1. The summed E-state index contributed by atoms with van der Waals surface area (Å²) >= 11 is 1.53. The van der Waals surface area contributed by atoms with E-state index in [4.69, 9.17) is 10.3 Å². The van der Waals surface area contributed by atoms with E-state index in [-0.39, 0.29) is 4.90 Å². The van der Waals surface area contributed by atoms with Crippen LogP contribution in [0.25, 0.3) is 10.6 Å². The van der Waals surface area contributed by atoms with E-state index in [1.54, 1.807) is 36.5 Å². The second-order valence-corrected chi connectivity index (χ2v) is 7.39. The standard InChI is InChI=1S/C10H8N2OS.C7H8O3S/c11-9(13)7-2-1-3-8(6-7)10-12-4-5-14-10;1-6-2-4-7(5-3-6)11(8,9)10/h1-6H,(H2,11,13);2-5H,1H3,(H,8,9,10). The first kappa shape index (κ1) is 18.8. The highest BCUT2D eigenvalue weighted by Gasteiger charge is 2.07. The predicted molar refractivity (Wildman–Crippen MR) is 97.1 cm³/mol. The molecule has 3 N–H and O–H groups in total. The molecule has 0 atom stereocenters. The number of carbonyl (C=O) groups excluding carboxylic acids is 1. The van der Waals surface area contributed by atoms with Crippen molar-refractivity contribution in [2.75, 3.05) is 0 Å². The van der Waals surface area contributed by atoms with Crippen molar-refractivity contribution in [1.82, 2.24) is 4.98 Å². The molecule has 0 saturated carbocycles. The molecule has 0 bridgehead atoms. The summed E-state index contributed by atoms with van der Waals surface area (Å²) in [7, 11) is -4.02. The lowest BCUT2D eigenvalue weighted by Crippen LogP contribution is -2.10. The maximum absolute atomic E-state index is 10.9. The molecule has 1 aromatic heterocycles. The van der Waals surface area contributed by atoms with E-state index in [1.165, 1.54) is 23.5 Å². The van der Waals surface area contributed by atoms with Gasteiger partial charge in [0.2, 0.25) is 5.91 Å². The van der Waals surface area contributed by atoms with Crippen molar-refractivity contribution in [1.29, 1.82) is 0 Å². The summed E-state index contributed by atoms with van der Waals surface area (Å²) in [5, 5.41) is 2.79. The average Bonchev–Trinajstić information content (AvgIpc) is 3.09. The average molecular weight is 376 g/mol. The van der Waals surface area contributed by atoms with Crippen molar-refractivity contribution in [3.63, 3.8) is 0 Å². The smallest absolute Gasteiger partial charge is 0.294 e. The number of nitrogens with zero attached hydrogens (tertiary/aromatic N) is 1. The number of amides is 1. The van der Waals surface area contributed by atoms with Gasteiger partial charge in [-0.2, -0.15) is 8.42 Å². The van der Waals surface area contributed by atoms with Crippen LogP contribution in [0, 0.1) is 6.92 Å². The number of aryl methyl sites for hydroxylation is 1. The van der Waals surface area contributed by atoms with Gasteiger partial charge in [0.1, 0.15) is 5.01 Å². The van der Waals surface area contributed by atoms with Gasteiger partial charge in [0.15, 0.2) is 0 Å². The minimum absolute atomic E-state index is 0.0666. The summed E-state index contributed by atoms with van der Waals surface area (Å²) in [5.41, 5.74) is 7.57. The van der Waals surface area contributed by atoms with Gasteiger partial charge in [-0.1, -0.05) is 29.8 Å². The Balaban J connectivity index is 0.000000186. The number of primary amides is 1. The molecule has 0 aliphatic carbocycles. The zero-order valence-electron chi connectivity index (χ0n) is 13.3. The van der Waals surface area contributed by atoms with Gasteiger partial charge in [0.25, 0.3) is 10.1 Å². The molecule has 3 rings (SSSR count). The zero-order valence-corrected chi connectivity index (χ0v) is 14.9. The lowest BCUT2D eigenvalue weighted by atomic mass is 10.1. The summed E-state index contributed by atoms with van der Waals surface area (Å²) < 4.78 is 29.6. The number of hydrogen-bond acceptors (Lipinski definition) is 5. The monoisotopic (exact) mass is 376 g/mol. The zero-order chi connectivity index (χ0) is 18.4. The van der Waals surface area contributed by atoms with Crippen LogP contribution in [0.4, 0.5) is 0 Å². The highest BCUT2D eigenvalue weighted by atomic mass is 32.2. The largest absolute Gasteiger partial charge is 0.366 e. The number of carbonyl (C=O) groups is 1. The Hall–Kier alpha value is -2.55. The third-order valence-corrected chi connectivity index (χ3v) is 4.84. The SMILES string of the molecule is Cc1ccc(S(=O)(=O)O)cc1.NC(=O)c1cccc(-c2nccs2)c1. The molecule has 0 aliphatic heterocycles. The topological polar surface area (TPSA) is 110 Å². The van der Waals surface area contributed by atoms with Crippen LogP contribution in [-0.2, 0) is 10.1 Å². The minimum atomic E-state index is -4.02. The van der Waals surface area contributed by atoms with Crippen molar-refractivity contribution in [2.24, 2.45) is 5.73 Å². The van der Waals surface area contributed by atoms with Crippen molar-refractivity contribution in [3.8, 4) is 10.6 Å². The molecule has 0 saturated heterocycles. The molecule has 8 heteroatoms. The van der Waals surface area contributed by atoms with Gasteiger partial charge in [-0.25, -0.2) is 4.98 Å². The van der Waals surface area contributed by atoms with Crippen LogP contribution in [0.5, 0.6) is 0 Å². The van der Waals surface area contributed by atoms with Crippen molar-refractivity contribution >= 4 is 27.4 Å². The van der Waals surface area contributed by atoms with Crippen LogP contribution in [0.3, 0.4) is 0 Å². The van der Waals surface area contributed by atoms with E-state index in [2.05, 4.69) is 4.98 Å². The molecule has 130 valence electrons. The Morgan fingerprint density at radius 3 is 2.36 bits per heavy atom. The molecule has 1 heterocycles. The van der Waals surface area contributed by atoms with E-state index in [9.17, 15) is 13.2 Å². The Bertz CT molecular complexity index is 951. The van der Waals surface area contributed by atoms with Crippen LogP contribution in [-0.4, -0.2) is 23.9 Å². The summed E-state index contributed by atoms with van der Waals surface area (Å²) in [6.45, 7) is 1.84. The third kappa shape index (κ3) is 5.49. The lowest BCUT2D eigenvalue weighted by Gasteiger charge is -1.98. The highest BCUT2D eigenvalue weighted by molar-refractivity contribution is 7.85. The Labute approximate surface area is 149 Å². The quantitative estimate of drug-likeness (QED) is 0.682. The Kier molecular flexibility index (Phi) is 6.02. The maximum atomic E-state index is 10.9. The molecular weight excluding hydrogens is 360 g/mol. The van der Waals surface area contributed by atoms with Crippen molar-refractivity contribution in [3.05, 3.63) is 71.2 Å². The van der Waals surface area contributed by atoms with Gasteiger partial charge in [0, 0.05) is 22.7 Å². The minimum Gasteiger partial charge on any atom is -0.366 e. The molecule has 1 amide bonds. The molecule has 25 heavy (non-hydrogen) atoms. The molecule has 0 radical (unpaired) electrons. The first-order valence-electron chi connectivity index (χ1n) is 7.11. The molecule has 0 unspecified atom stereocenters. The molecule has 3 aromatic rings. The maximum Gasteiger partial charge on any atom is 0.294 e. The first-order valence-corrected chi connectivity index (χ1v) is 9.43. The van der Waals surface area contributed by atoms with Crippen LogP contribution in [0.1, 0.15) is 15.9 Å². The Morgan fingerprint density at radius 2 is 1.84 bits per heavy atom. The van der Waals surface area contributed by atoms with Crippen LogP contribution in [0.2, 0.25) is 0 Å². The number of aromatic nitrogens is 1. The third-order valence-electron chi connectivity index (χ3n) is 3.15. The second-order valence-electron chi connectivity index (χ2n) is 5.07. The van der Waals surface area contributed by atoms with Gasteiger partial charge in [-0.3, -0.25) is 9.35 Å². The fourth-order valence-corrected chi connectivity index (χ4v) is 3.00. The number of benzene rings is 2. The number of nitrogens with two attached hydrogens (primary N) is 1. The van der Waals surface area contributed by atoms with Crippen LogP contribution >= 0.6 is 11.3 Å². The molecule has 2 aromatic carbocycles. The second kappa shape index (κ2) is 8.02. The van der Waals surface area contributed by atoms with Gasteiger partial charge >= 0.3 is 0 Å². The normalized spacial score (nSPS) is 10.6. The molecule has 0 fully saturated rings. The summed E-state index contributed by atoms with van der Waals surface area (Å²) in [4.78, 5) is 15.0. The van der Waals surface area contributed by atoms with Crippen LogP contribution < -0.4 is 5.73 Å². The van der Waals surface area contributed by atoms with Crippen molar-refractivity contribution in [2.45, 2.75) is 11.8 Å². The molecule has 0 aliphatic rings. The van der Waals surface area contributed by atoms with E-state index in [0.717, 1.165) is 16.1 Å². The van der Waals surface area contributed by atoms with Crippen molar-refractivity contribution < 1.29 is 17.8 Å². The molecular formula is C17H16N2O4S2. The fraction of sp³-hybridized carbons (Fsp3) is 0.0588. The van der Waals surface area contributed by atoms with Gasteiger partial charge < -0.3 is 5.73 Å². The van der Waals surface area contributed by atoms with E-state index < -0.39 is 16.0 Å². The van der Waals surface area contributed by atoms with Gasteiger partial charge in [-0.05, 0) is 31.2 Å². The first-order chi connectivity index (χ1) is 11.8. The number of rotatable bonds is 3. The van der Waals surface area contributed by atoms with E-state index in [1.807, 2.05) is 18.4 Å².